The van der Waals surface area contributed by atoms with Crippen LogP contribution in [-0.4, -0.2) is 24.5 Å². The fraction of sp³-hybridized carbons (Fsp3) is 0.571. The molecule has 1 atom stereocenters. The van der Waals surface area contributed by atoms with E-state index in [4.69, 9.17) is 5.73 Å². The maximum atomic E-state index is 13.6. The van der Waals surface area contributed by atoms with Crippen LogP contribution in [0.1, 0.15) is 31.4 Å². The molecule has 2 N–H and O–H groups in total. The van der Waals surface area contributed by atoms with Gasteiger partial charge in [0.15, 0.2) is 0 Å². The molecule has 1 unspecified atom stereocenters. The highest BCUT2D eigenvalue weighted by molar-refractivity contribution is 5.21. The first-order chi connectivity index (χ1) is 8.20. The highest BCUT2D eigenvalue weighted by atomic mass is 19.1. The van der Waals surface area contributed by atoms with Crippen molar-refractivity contribution in [3.63, 3.8) is 0 Å². The third-order valence-corrected chi connectivity index (χ3v) is 3.42. The number of hydrogen-bond donors (Lipinski definition) is 1. The van der Waals surface area contributed by atoms with Crippen molar-refractivity contribution in [2.45, 2.75) is 25.8 Å². The molecule has 94 valence electrons. The Morgan fingerprint density at radius 1 is 1.41 bits per heavy atom. The molecule has 0 amide bonds. The minimum Gasteiger partial charge on any atom is -0.323 e. The Balaban J connectivity index is 1.94. The zero-order valence-electron chi connectivity index (χ0n) is 10.4. The Labute approximate surface area is 103 Å². The molecule has 0 aromatic heterocycles. The Morgan fingerprint density at radius 2 is 2.12 bits per heavy atom. The summed E-state index contributed by atoms with van der Waals surface area (Å²) in [6.45, 7) is 4.97. The number of likely N-dealkylation sites (N-methyl/N-ethyl adjacent to an activating group) is 1. The quantitative estimate of drug-likeness (QED) is 0.822. The van der Waals surface area contributed by atoms with Crippen LogP contribution in [0.15, 0.2) is 24.3 Å². The second-order valence-corrected chi connectivity index (χ2v) is 4.92. The average molecular weight is 236 g/mol. The van der Waals surface area contributed by atoms with Gasteiger partial charge in [-0.05, 0) is 31.4 Å². The maximum Gasteiger partial charge on any atom is 0.128 e. The predicted octanol–water partition coefficient (Wildman–Crippen LogP) is 2.56. The molecule has 1 aromatic rings. The molecule has 0 bridgehead atoms. The van der Waals surface area contributed by atoms with Gasteiger partial charge in [0.05, 0.1) is 0 Å². The van der Waals surface area contributed by atoms with Crippen molar-refractivity contribution >= 4 is 0 Å². The SMILES string of the molecule is CCN(CC1CC1)CC(N)c1ccccc1F. The molecule has 2 nitrogen and oxygen atoms in total. The van der Waals surface area contributed by atoms with Crippen molar-refractivity contribution < 1.29 is 4.39 Å². The van der Waals surface area contributed by atoms with Crippen LogP contribution < -0.4 is 5.73 Å². The minimum atomic E-state index is -0.227. The largest absolute Gasteiger partial charge is 0.323 e. The highest BCUT2D eigenvalue weighted by Gasteiger charge is 2.24. The molecule has 0 radical (unpaired) electrons. The molecule has 0 spiro atoms. The van der Waals surface area contributed by atoms with E-state index in [2.05, 4.69) is 11.8 Å². The summed E-state index contributed by atoms with van der Waals surface area (Å²) in [5, 5.41) is 0. The van der Waals surface area contributed by atoms with Crippen molar-refractivity contribution in [3.8, 4) is 0 Å². The summed E-state index contributed by atoms with van der Waals surface area (Å²) in [6, 6.07) is 6.58. The minimum absolute atomic E-state index is 0.192. The predicted molar refractivity (Wildman–Crippen MR) is 68.2 cm³/mol. The second kappa shape index (κ2) is 5.61. The van der Waals surface area contributed by atoms with Crippen LogP contribution in [-0.2, 0) is 0 Å². The first-order valence-electron chi connectivity index (χ1n) is 6.43. The van der Waals surface area contributed by atoms with Crippen LogP contribution in [0.4, 0.5) is 4.39 Å². The van der Waals surface area contributed by atoms with Crippen molar-refractivity contribution in [2.24, 2.45) is 11.7 Å². The molecule has 1 aliphatic rings. The van der Waals surface area contributed by atoms with Crippen molar-refractivity contribution in [3.05, 3.63) is 35.6 Å². The first kappa shape index (κ1) is 12.5. The monoisotopic (exact) mass is 236 g/mol. The molecule has 17 heavy (non-hydrogen) atoms. The van der Waals surface area contributed by atoms with Gasteiger partial charge in [0.25, 0.3) is 0 Å². The number of rotatable bonds is 6. The molecular formula is C14H21FN2. The van der Waals surface area contributed by atoms with Crippen molar-refractivity contribution in [1.29, 1.82) is 0 Å². The van der Waals surface area contributed by atoms with E-state index in [9.17, 15) is 4.39 Å². The summed E-state index contributed by atoms with van der Waals surface area (Å²) in [6.07, 6.45) is 2.68. The summed E-state index contributed by atoms with van der Waals surface area (Å²) >= 11 is 0. The third kappa shape index (κ3) is 3.51. The molecule has 3 heteroatoms. The Morgan fingerprint density at radius 3 is 2.71 bits per heavy atom. The first-order valence-corrected chi connectivity index (χ1v) is 6.43. The van der Waals surface area contributed by atoms with E-state index in [1.165, 1.54) is 18.9 Å². The fourth-order valence-corrected chi connectivity index (χ4v) is 2.15. The number of nitrogens with zero attached hydrogens (tertiary/aromatic N) is 1. The smallest absolute Gasteiger partial charge is 0.128 e. The summed E-state index contributed by atoms with van der Waals surface area (Å²) < 4.78 is 13.6. The molecule has 1 saturated carbocycles. The van der Waals surface area contributed by atoms with Gasteiger partial charge in [-0.3, -0.25) is 0 Å². The standard InChI is InChI=1S/C14H21FN2/c1-2-17(9-11-7-8-11)10-14(16)12-5-3-4-6-13(12)15/h3-6,11,14H,2,7-10,16H2,1H3. The topological polar surface area (TPSA) is 29.3 Å². The van der Waals surface area contributed by atoms with E-state index in [1.54, 1.807) is 12.1 Å². The Hall–Kier alpha value is -0.930. The van der Waals surface area contributed by atoms with Crippen LogP contribution in [0, 0.1) is 11.7 Å². The fourth-order valence-electron chi connectivity index (χ4n) is 2.15. The molecule has 0 aliphatic heterocycles. The number of hydrogen-bond acceptors (Lipinski definition) is 2. The van der Waals surface area contributed by atoms with Crippen LogP contribution in [0.5, 0.6) is 0 Å². The molecule has 1 fully saturated rings. The summed E-state index contributed by atoms with van der Waals surface area (Å²) in [4.78, 5) is 2.33. The van der Waals surface area contributed by atoms with Crippen LogP contribution in [0.25, 0.3) is 0 Å². The lowest BCUT2D eigenvalue weighted by atomic mass is 10.1. The van der Waals surface area contributed by atoms with Gasteiger partial charge in [-0.25, -0.2) is 4.39 Å². The van der Waals surface area contributed by atoms with E-state index in [0.29, 0.717) is 5.56 Å². The van der Waals surface area contributed by atoms with E-state index >= 15 is 0 Å². The molecule has 2 rings (SSSR count). The van der Waals surface area contributed by atoms with E-state index in [-0.39, 0.29) is 11.9 Å². The van der Waals surface area contributed by atoms with Gasteiger partial charge in [0, 0.05) is 24.7 Å². The Kier molecular flexibility index (Phi) is 4.13. The number of halogens is 1. The van der Waals surface area contributed by atoms with Crippen LogP contribution >= 0.6 is 0 Å². The lowest BCUT2D eigenvalue weighted by Gasteiger charge is -2.24. The zero-order valence-corrected chi connectivity index (χ0v) is 10.4. The van der Waals surface area contributed by atoms with E-state index < -0.39 is 0 Å². The molecular weight excluding hydrogens is 215 g/mol. The van der Waals surface area contributed by atoms with Gasteiger partial charge < -0.3 is 10.6 Å². The molecule has 0 saturated heterocycles. The molecule has 1 aliphatic carbocycles. The van der Waals surface area contributed by atoms with Gasteiger partial charge in [-0.2, -0.15) is 0 Å². The van der Waals surface area contributed by atoms with E-state index in [1.807, 2.05) is 6.07 Å². The van der Waals surface area contributed by atoms with Gasteiger partial charge in [-0.15, -0.1) is 0 Å². The van der Waals surface area contributed by atoms with Gasteiger partial charge in [0.2, 0.25) is 0 Å². The summed E-state index contributed by atoms with van der Waals surface area (Å²) in [5.74, 6) is 0.658. The van der Waals surface area contributed by atoms with Gasteiger partial charge in [-0.1, -0.05) is 25.1 Å². The van der Waals surface area contributed by atoms with Gasteiger partial charge in [0.1, 0.15) is 5.82 Å². The normalized spacial score (nSPS) is 17.4. The summed E-state index contributed by atoms with van der Waals surface area (Å²) in [5.41, 5.74) is 6.71. The zero-order chi connectivity index (χ0) is 12.3. The van der Waals surface area contributed by atoms with Crippen molar-refractivity contribution in [2.75, 3.05) is 19.6 Å². The number of benzene rings is 1. The molecule has 0 heterocycles. The Bertz CT molecular complexity index is 363. The second-order valence-electron chi connectivity index (χ2n) is 4.92. The van der Waals surface area contributed by atoms with Crippen molar-refractivity contribution in [1.82, 2.24) is 4.90 Å². The number of nitrogens with two attached hydrogens (primary N) is 1. The lowest BCUT2D eigenvalue weighted by molar-refractivity contribution is 0.258. The average Bonchev–Trinajstić information content (AvgIpc) is 3.12. The third-order valence-electron chi connectivity index (χ3n) is 3.42. The van der Waals surface area contributed by atoms with Gasteiger partial charge >= 0.3 is 0 Å². The highest BCUT2D eigenvalue weighted by Crippen LogP contribution is 2.30. The lowest BCUT2D eigenvalue weighted by Crippen LogP contribution is -2.34. The van der Waals surface area contributed by atoms with E-state index in [0.717, 1.165) is 25.6 Å². The maximum absolute atomic E-state index is 13.6. The van der Waals surface area contributed by atoms with Crippen LogP contribution in [0.2, 0.25) is 0 Å². The summed E-state index contributed by atoms with van der Waals surface area (Å²) in [7, 11) is 0. The van der Waals surface area contributed by atoms with Crippen LogP contribution in [0.3, 0.4) is 0 Å². The molecule has 1 aromatic carbocycles.